The monoisotopic (exact) mass is 262 g/mol. The van der Waals surface area contributed by atoms with Gasteiger partial charge in [-0.25, -0.2) is 9.78 Å². The van der Waals surface area contributed by atoms with E-state index in [0.717, 1.165) is 24.2 Å². The second-order valence-corrected chi connectivity index (χ2v) is 5.41. The highest BCUT2D eigenvalue weighted by Crippen LogP contribution is 2.30. The number of pyridine rings is 1. The molecule has 2 N–H and O–H groups in total. The molecule has 0 aliphatic heterocycles. The Morgan fingerprint density at radius 1 is 1.32 bits per heavy atom. The molecule has 4 nitrogen and oxygen atoms in total. The van der Waals surface area contributed by atoms with Crippen molar-refractivity contribution in [2.24, 2.45) is 11.8 Å². The van der Waals surface area contributed by atoms with Crippen molar-refractivity contribution < 1.29 is 9.90 Å². The van der Waals surface area contributed by atoms with Crippen LogP contribution in [-0.2, 0) is 0 Å². The number of hydrogen-bond acceptors (Lipinski definition) is 3. The summed E-state index contributed by atoms with van der Waals surface area (Å²) in [5, 5.41) is 12.1. The van der Waals surface area contributed by atoms with Crippen LogP contribution in [-0.4, -0.2) is 22.6 Å². The molecule has 104 valence electrons. The lowest BCUT2D eigenvalue weighted by Crippen LogP contribution is -2.21. The van der Waals surface area contributed by atoms with Crippen molar-refractivity contribution in [2.45, 2.75) is 39.0 Å². The first-order valence-electron chi connectivity index (χ1n) is 7.12. The molecule has 0 amide bonds. The maximum absolute atomic E-state index is 10.7. The minimum Gasteiger partial charge on any atom is -0.478 e. The van der Waals surface area contributed by atoms with Crippen molar-refractivity contribution in [3.63, 3.8) is 0 Å². The summed E-state index contributed by atoms with van der Waals surface area (Å²) in [6.07, 6.45) is 7.97. The molecule has 1 aliphatic rings. The molecular formula is C15H22N2O2. The molecule has 19 heavy (non-hydrogen) atoms. The van der Waals surface area contributed by atoms with Gasteiger partial charge in [0.05, 0.1) is 5.56 Å². The SMILES string of the molecule is CCC1CCC(CNc2ccc(C(=O)O)cn2)CC1. The van der Waals surface area contributed by atoms with Gasteiger partial charge in [-0.05, 0) is 36.8 Å². The number of carbonyl (C=O) groups is 1. The highest BCUT2D eigenvalue weighted by Gasteiger charge is 2.19. The number of aromatic nitrogens is 1. The molecule has 0 aromatic carbocycles. The van der Waals surface area contributed by atoms with Crippen molar-refractivity contribution in [2.75, 3.05) is 11.9 Å². The summed E-state index contributed by atoms with van der Waals surface area (Å²) >= 11 is 0. The number of hydrogen-bond donors (Lipinski definition) is 2. The van der Waals surface area contributed by atoms with Crippen LogP contribution in [0, 0.1) is 11.8 Å². The van der Waals surface area contributed by atoms with E-state index >= 15 is 0 Å². The number of carboxylic acid groups (broad SMARTS) is 1. The van der Waals surface area contributed by atoms with Crippen LogP contribution < -0.4 is 5.32 Å². The zero-order valence-corrected chi connectivity index (χ0v) is 11.4. The van der Waals surface area contributed by atoms with E-state index in [2.05, 4.69) is 17.2 Å². The predicted molar refractivity (Wildman–Crippen MR) is 75.4 cm³/mol. The maximum Gasteiger partial charge on any atom is 0.337 e. The Morgan fingerprint density at radius 2 is 2.00 bits per heavy atom. The third kappa shape index (κ3) is 3.94. The predicted octanol–water partition coefficient (Wildman–Crippen LogP) is 3.41. The molecule has 0 bridgehead atoms. The molecule has 2 rings (SSSR count). The summed E-state index contributed by atoms with van der Waals surface area (Å²) in [5.74, 6) is 1.48. The van der Waals surface area contributed by atoms with E-state index in [-0.39, 0.29) is 5.56 Å². The Kier molecular flexibility index (Phi) is 4.77. The van der Waals surface area contributed by atoms with Gasteiger partial charge in [0, 0.05) is 12.7 Å². The number of carboxylic acids is 1. The third-order valence-corrected chi connectivity index (χ3v) is 4.13. The minimum absolute atomic E-state index is 0.231. The second-order valence-electron chi connectivity index (χ2n) is 5.41. The van der Waals surface area contributed by atoms with Gasteiger partial charge < -0.3 is 10.4 Å². The number of nitrogens with zero attached hydrogens (tertiary/aromatic N) is 1. The molecule has 1 fully saturated rings. The highest BCUT2D eigenvalue weighted by molar-refractivity contribution is 5.87. The quantitative estimate of drug-likeness (QED) is 0.853. The number of rotatable bonds is 5. The molecular weight excluding hydrogens is 240 g/mol. The van der Waals surface area contributed by atoms with E-state index in [0.29, 0.717) is 0 Å². The van der Waals surface area contributed by atoms with E-state index in [4.69, 9.17) is 5.11 Å². The average Bonchev–Trinajstić information content (AvgIpc) is 2.46. The van der Waals surface area contributed by atoms with Crippen LogP contribution >= 0.6 is 0 Å². The molecule has 1 aromatic rings. The fourth-order valence-corrected chi connectivity index (χ4v) is 2.72. The van der Waals surface area contributed by atoms with Crippen molar-refractivity contribution in [1.29, 1.82) is 0 Å². The summed E-state index contributed by atoms with van der Waals surface area (Å²) in [7, 11) is 0. The van der Waals surface area contributed by atoms with Crippen LogP contribution in [0.5, 0.6) is 0 Å². The molecule has 0 atom stereocenters. The fourth-order valence-electron chi connectivity index (χ4n) is 2.72. The summed E-state index contributed by atoms with van der Waals surface area (Å²) < 4.78 is 0. The molecule has 1 saturated carbocycles. The zero-order valence-electron chi connectivity index (χ0n) is 11.4. The Labute approximate surface area is 114 Å². The Bertz CT molecular complexity index is 409. The lowest BCUT2D eigenvalue weighted by Gasteiger charge is -2.27. The van der Waals surface area contributed by atoms with Gasteiger partial charge in [0.1, 0.15) is 5.82 Å². The molecule has 1 aromatic heterocycles. The van der Waals surface area contributed by atoms with Crippen molar-refractivity contribution >= 4 is 11.8 Å². The van der Waals surface area contributed by atoms with E-state index in [1.165, 1.54) is 38.3 Å². The van der Waals surface area contributed by atoms with Gasteiger partial charge in [-0.15, -0.1) is 0 Å². The third-order valence-electron chi connectivity index (χ3n) is 4.13. The van der Waals surface area contributed by atoms with Crippen molar-refractivity contribution in [3.05, 3.63) is 23.9 Å². The lowest BCUT2D eigenvalue weighted by molar-refractivity contribution is 0.0696. The lowest BCUT2D eigenvalue weighted by atomic mass is 9.81. The first-order chi connectivity index (χ1) is 9.19. The van der Waals surface area contributed by atoms with E-state index < -0.39 is 5.97 Å². The summed E-state index contributed by atoms with van der Waals surface area (Å²) in [6.45, 7) is 3.22. The number of aromatic carboxylic acids is 1. The van der Waals surface area contributed by atoms with Crippen molar-refractivity contribution in [1.82, 2.24) is 4.98 Å². The molecule has 0 saturated heterocycles. The summed E-state index contributed by atoms with van der Waals surface area (Å²) in [5.41, 5.74) is 0.231. The maximum atomic E-state index is 10.7. The molecule has 0 radical (unpaired) electrons. The van der Waals surface area contributed by atoms with Crippen LogP contribution in [0.3, 0.4) is 0 Å². The number of anilines is 1. The largest absolute Gasteiger partial charge is 0.478 e. The van der Waals surface area contributed by atoms with Gasteiger partial charge in [-0.1, -0.05) is 26.2 Å². The van der Waals surface area contributed by atoms with Gasteiger partial charge in [-0.2, -0.15) is 0 Å². The van der Waals surface area contributed by atoms with Crippen LogP contribution in [0.2, 0.25) is 0 Å². The minimum atomic E-state index is -0.933. The summed E-state index contributed by atoms with van der Waals surface area (Å²) in [6, 6.07) is 3.33. The number of nitrogens with one attached hydrogen (secondary N) is 1. The van der Waals surface area contributed by atoms with E-state index in [1.54, 1.807) is 12.1 Å². The molecule has 0 spiro atoms. The first kappa shape index (κ1) is 13.8. The van der Waals surface area contributed by atoms with Gasteiger partial charge in [0.15, 0.2) is 0 Å². The Hall–Kier alpha value is -1.58. The van der Waals surface area contributed by atoms with E-state index in [1.807, 2.05) is 0 Å². The van der Waals surface area contributed by atoms with Gasteiger partial charge >= 0.3 is 5.97 Å². The highest BCUT2D eigenvalue weighted by atomic mass is 16.4. The van der Waals surface area contributed by atoms with Crippen molar-refractivity contribution in [3.8, 4) is 0 Å². The molecule has 0 unspecified atom stereocenters. The molecule has 1 heterocycles. The zero-order chi connectivity index (χ0) is 13.7. The second kappa shape index (κ2) is 6.55. The first-order valence-corrected chi connectivity index (χ1v) is 7.12. The standard InChI is InChI=1S/C15H22N2O2/c1-2-11-3-5-12(6-4-11)9-16-14-8-7-13(10-17-14)15(18)19/h7-8,10-12H,2-6,9H2,1H3,(H,16,17)(H,18,19). The Balaban J connectivity index is 1.78. The van der Waals surface area contributed by atoms with Crippen LogP contribution in [0.1, 0.15) is 49.4 Å². The fraction of sp³-hybridized carbons (Fsp3) is 0.600. The molecule has 4 heteroatoms. The smallest absolute Gasteiger partial charge is 0.337 e. The van der Waals surface area contributed by atoms with Crippen LogP contribution in [0.15, 0.2) is 18.3 Å². The normalized spacial score (nSPS) is 23.0. The molecule has 1 aliphatic carbocycles. The van der Waals surface area contributed by atoms with E-state index in [9.17, 15) is 4.79 Å². The topological polar surface area (TPSA) is 62.2 Å². The van der Waals surface area contributed by atoms with Gasteiger partial charge in [0.25, 0.3) is 0 Å². The van der Waals surface area contributed by atoms with Gasteiger partial charge in [-0.3, -0.25) is 0 Å². The van der Waals surface area contributed by atoms with Crippen LogP contribution in [0.4, 0.5) is 5.82 Å². The van der Waals surface area contributed by atoms with Crippen LogP contribution in [0.25, 0.3) is 0 Å². The average molecular weight is 262 g/mol. The summed E-state index contributed by atoms with van der Waals surface area (Å²) in [4.78, 5) is 14.8. The Morgan fingerprint density at radius 3 is 2.53 bits per heavy atom. The van der Waals surface area contributed by atoms with Gasteiger partial charge in [0.2, 0.25) is 0 Å².